The number of aromatic amines is 2. The molecule has 0 aliphatic rings. The SMILES string of the molecule is CC(C)c1[nH]n(-c2ccccc2)c(=O)c1Cc1c(C(C)C)[nH]n(-c2ccccc2)c1=O. The standard InChI is InChI=1S/C25H28N4O2/c1-16(2)22-20(24(30)28(26-22)18-11-7-5-8-12-18)15-21-23(17(3)4)27-29(25(21)31)19-13-9-6-10-14-19/h5-14,16-17,26-27H,15H2,1-4H3. The number of hydrogen-bond acceptors (Lipinski definition) is 2. The van der Waals surface area contributed by atoms with Gasteiger partial charge in [0, 0.05) is 28.9 Å². The van der Waals surface area contributed by atoms with E-state index in [1.807, 2.05) is 88.4 Å². The lowest BCUT2D eigenvalue weighted by atomic mass is 9.97. The maximum absolute atomic E-state index is 13.4. The fraction of sp³-hybridized carbons (Fsp3) is 0.280. The van der Waals surface area contributed by atoms with Gasteiger partial charge in [-0.05, 0) is 36.1 Å². The molecule has 2 aromatic carbocycles. The van der Waals surface area contributed by atoms with Crippen LogP contribution < -0.4 is 11.1 Å². The molecule has 0 atom stereocenters. The molecule has 0 amide bonds. The van der Waals surface area contributed by atoms with Crippen LogP contribution in [0.4, 0.5) is 0 Å². The Balaban J connectivity index is 1.87. The number of benzene rings is 2. The van der Waals surface area contributed by atoms with Crippen molar-refractivity contribution in [1.82, 2.24) is 19.6 Å². The zero-order chi connectivity index (χ0) is 22.1. The lowest BCUT2D eigenvalue weighted by Crippen LogP contribution is -2.21. The van der Waals surface area contributed by atoms with Gasteiger partial charge in [-0.25, -0.2) is 9.36 Å². The quantitative estimate of drug-likeness (QED) is 0.486. The van der Waals surface area contributed by atoms with Crippen molar-refractivity contribution in [3.8, 4) is 11.4 Å². The van der Waals surface area contributed by atoms with Crippen LogP contribution in [0.1, 0.15) is 62.0 Å². The van der Waals surface area contributed by atoms with Gasteiger partial charge < -0.3 is 0 Å². The molecule has 31 heavy (non-hydrogen) atoms. The molecule has 0 radical (unpaired) electrons. The molecular weight excluding hydrogens is 388 g/mol. The van der Waals surface area contributed by atoms with Crippen LogP contribution in [0, 0.1) is 0 Å². The molecule has 6 nitrogen and oxygen atoms in total. The highest BCUT2D eigenvalue weighted by molar-refractivity contribution is 5.39. The summed E-state index contributed by atoms with van der Waals surface area (Å²) in [6.45, 7) is 8.19. The number of para-hydroxylation sites is 2. The van der Waals surface area contributed by atoms with Crippen molar-refractivity contribution in [1.29, 1.82) is 0 Å². The number of nitrogens with zero attached hydrogens (tertiary/aromatic N) is 2. The first-order valence-corrected chi connectivity index (χ1v) is 10.7. The Hall–Kier alpha value is -3.54. The van der Waals surface area contributed by atoms with Gasteiger partial charge >= 0.3 is 0 Å². The van der Waals surface area contributed by atoms with Gasteiger partial charge in [-0.2, -0.15) is 0 Å². The van der Waals surface area contributed by atoms with Crippen LogP contribution in [0.2, 0.25) is 0 Å². The van der Waals surface area contributed by atoms with E-state index in [0.717, 1.165) is 22.8 Å². The highest BCUT2D eigenvalue weighted by atomic mass is 16.1. The molecular formula is C25H28N4O2. The summed E-state index contributed by atoms with van der Waals surface area (Å²) in [6, 6.07) is 19.0. The zero-order valence-electron chi connectivity index (χ0n) is 18.3. The minimum absolute atomic E-state index is 0.114. The Bertz CT molecular complexity index is 1190. The average Bonchev–Trinajstić information content (AvgIpc) is 3.27. The maximum Gasteiger partial charge on any atom is 0.275 e. The molecule has 4 rings (SSSR count). The number of H-pyrrole nitrogens is 2. The largest absolute Gasteiger partial charge is 0.294 e. The molecule has 6 heteroatoms. The molecule has 0 spiro atoms. The predicted octanol–water partition coefficient (Wildman–Crippen LogP) is 4.48. The van der Waals surface area contributed by atoms with E-state index in [2.05, 4.69) is 10.2 Å². The van der Waals surface area contributed by atoms with Crippen LogP contribution in [-0.2, 0) is 6.42 Å². The summed E-state index contributed by atoms with van der Waals surface area (Å²) in [6.07, 6.45) is 0.283. The topological polar surface area (TPSA) is 75.6 Å². The molecule has 0 unspecified atom stereocenters. The Morgan fingerprint density at radius 3 is 1.32 bits per heavy atom. The molecule has 0 saturated carbocycles. The fourth-order valence-corrected chi connectivity index (χ4v) is 3.97. The molecule has 0 aliphatic heterocycles. The molecule has 160 valence electrons. The highest BCUT2D eigenvalue weighted by Crippen LogP contribution is 2.23. The summed E-state index contributed by atoms with van der Waals surface area (Å²) in [7, 11) is 0. The minimum atomic E-state index is -0.114. The fourth-order valence-electron chi connectivity index (χ4n) is 3.97. The normalized spacial score (nSPS) is 11.5. The van der Waals surface area contributed by atoms with E-state index >= 15 is 0 Å². The van der Waals surface area contributed by atoms with Gasteiger partial charge in [-0.1, -0.05) is 64.1 Å². The van der Waals surface area contributed by atoms with Crippen LogP contribution in [0.3, 0.4) is 0 Å². The van der Waals surface area contributed by atoms with Crippen LogP contribution in [0.15, 0.2) is 70.3 Å². The van der Waals surface area contributed by atoms with Gasteiger partial charge in [0.15, 0.2) is 0 Å². The number of hydrogen-bond donors (Lipinski definition) is 2. The van der Waals surface area contributed by atoms with E-state index < -0.39 is 0 Å². The van der Waals surface area contributed by atoms with E-state index in [4.69, 9.17) is 0 Å². The number of aromatic nitrogens is 4. The second-order valence-corrected chi connectivity index (χ2v) is 8.45. The van der Waals surface area contributed by atoms with Gasteiger partial charge in [0.2, 0.25) is 0 Å². The summed E-state index contributed by atoms with van der Waals surface area (Å²) < 4.78 is 3.14. The molecule has 0 bridgehead atoms. The molecule has 2 heterocycles. The number of rotatable bonds is 6. The van der Waals surface area contributed by atoms with Gasteiger partial charge in [-0.3, -0.25) is 19.8 Å². The second-order valence-electron chi connectivity index (χ2n) is 8.45. The van der Waals surface area contributed by atoms with E-state index in [-0.39, 0.29) is 29.4 Å². The lowest BCUT2D eigenvalue weighted by Gasteiger charge is -2.07. The summed E-state index contributed by atoms with van der Waals surface area (Å²) in [5, 5.41) is 6.56. The van der Waals surface area contributed by atoms with Crippen LogP contribution in [0.25, 0.3) is 11.4 Å². The lowest BCUT2D eigenvalue weighted by molar-refractivity contribution is 0.754. The van der Waals surface area contributed by atoms with Gasteiger partial charge in [0.1, 0.15) is 0 Å². The van der Waals surface area contributed by atoms with E-state index in [1.54, 1.807) is 9.36 Å². The van der Waals surface area contributed by atoms with Gasteiger partial charge in [0.25, 0.3) is 11.1 Å². The molecule has 2 aromatic heterocycles. The van der Waals surface area contributed by atoms with Gasteiger partial charge in [-0.15, -0.1) is 0 Å². The van der Waals surface area contributed by atoms with E-state index in [1.165, 1.54) is 0 Å². The smallest absolute Gasteiger partial charge is 0.275 e. The Kier molecular flexibility index (Phi) is 5.55. The van der Waals surface area contributed by atoms with Crippen LogP contribution >= 0.6 is 0 Å². The van der Waals surface area contributed by atoms with Crippen LogP contribution in [0.5, 0.6) is 0 Å². The summed E-state index contributed by atoms with van der Waals surface area (Å²) in [5.41, 5.74) is 4.31. The van der Waals surface area contributed by atoms with Gasteiger partial charge in [0.05, 0.1) is 11.4 Å². The molecule has 0 saturated heterocycles. The third-order valence-corrected chi connectivity index (χ3v) is 5.57. The number of nitrogens with one attached hydrogen (secondary N) is 2. The van der Waals surface area contributed by atoms with E-state index in [0.29, 0.717) is 11.1 Å². The van der Waals surface area contributed by atoms with Crippen molar-refractivity contribution in [3.05, 3.63) is 104 Å². The Morgan fingerprint density at radius 2 is 1.00 bits per heavy atom. The van der Waals surface area contributed by atoms with Crippen LogP contribution in [-0.4, -0.2) is 19.6 Å². The summed E-state index contributed by atoms with van der Waals surface area (Å²) in [4.78, 5) is 26.8. The third-order valence-electron chi connectivity index (χ3n) is 5.57. The second kappa shape index (κ2) is 8.30. The average molecular weight is 417 g/mol. The molecule has 0 fully saturated rings. The monoisotopic (exact) mass is 416 g/mol. The maximum atomic E-state index is 13.4. The third kappa shape index (κ3) is 3.81. The first kappa shape index (κ1) is 20.7. The Morgan fingerprint density at radius 1 is 0.645 bits per heavy atom. The molecule has 2 N–H and O–H groups in total. The van der Waals surface area contributed by atoms with Crippen molar-refractivity contribution in [2.75, 3.05) is 0 Å². The zero-order valence-corrected chi connectivity index (χ0v) is 18.3. The molecule has 0 aliphatic carbocycles. The minimum Gasteiger partial charge on any atom is -0.294 e. The first-order chi connectivity index (χ1) is 14.9. The summed E-state index contributed by atoms with van der Waals surface area (Å²) >= 11 is 0. The van der Waals surface area contributed by atoms with Crippen molar-refractivity contribution in [3.63, 3.8) is 0 Å². The summed E-state index contributed by atoms with van der Waals surface area (Å²) in [5.74, 6) is 0.232. The highest BCUT2D eigenvalue weighted by Gasteiger charge is 2.24. The van der Waals surface area contributed by atoms with Crippen molar-refractivity contribution < 1.29 is 0 Å². The van der Waals surface area contributed by atoms with E-state index in [9.17, 15) is 9.59 Å². The van der Waals surface area contributed by atoms with Crippen molar-refractivity contribution in [2.24, 2.45) is 0 Å². The first-order valence-electron chi connectivity index (χ1n) is 10.7. The van der Waals surface area contributed by atoms with Crippen molar-refractivity contribution >= 4 is 0 Å². The van der Waals surface area contributed by atoms with Crippen molar-refractivity contribution in [2.45, 2.75) is 46.0 Å². The predicted molar refractivity (Wildman–Crippen MR) is 124 cm³/mol. The Labute approximate surface area is 181 Å². The molecule has 4 aromatic rings.